The lowest BCUT2D eigenvalue weighted by molar-refractivity contribution is -0.142. The highest BCUT2D eigenvalue weighted by molar-refractivity contribution is 7.98. The van der Waals surface area contributed by atoms with Gasteiger partial charge in [-0.25, -0.2) is 0 Å². The Morgan fingerprint density at radius 1 is 0.366 bits per heavy atom. The highest BCUT2D eigenvalue weighted by Gasteiger charge is 2.39. The van der Waals surface area contributed by atoms with Gasteiger partial charge in [0.25, 0.3) is 0 Å². The molecule has 0 aliphatic rings. The first kappa shape index (κ1) is 115. The van der Waals surface area contributed by atoms with E-state index in [0.29, 0.717) is 43.4 Å². The monoisotopic (exact) mass is 1880 g/mol. The van der Waals surface area contributed by atoms with Gasteiger partial charge in [-0.15, -0.1) is 0 Å². The second-order valence-corrected chi connectivity index (χ2v) is 32.8. The van der Waals surface area contributed by atoms with Gasteiger partial charge >= 0.3 is 11.9 Å². The number of nitrogens with two attached hydrogens (primary N) is 9. The maximum absolute atomic E-state index is 15.1. The van der Waals surface area contributed by atoms with Crippen LogP contribution in [0, 0.1) is 22.1 Å². The van der Waals surface area contributed by atoms with E-state index in [4.69, 9.17) is 67.8 Å². The fraction of sp³-hybridized carbons (Fsp3) is 0.605. The summed E-state index contributed by atoms with van der Waals surface area (Å²) in [6.45, 7) is 4.04. The number of rotatable bonds is 68. The number of nitrogens with one attached hydrogen (secondary N) is 19. The van der Waals surface area contributed by atoms with Crippen molar-refractivity contribution in [3.05, 3.63) is 65.7 Å². The van der Waals surface area contributed by atoms with Crippen molar-refractivity contribution in [1.29, 1.82) is 16.2 Å². The van der Waals surface area contributed by atoms with Crippen LogP contribution in [0.15, 0.2) is 54.6 Å². The first-order valence-electron chi connectivity index (χ1n) is 43.0. The number of thiol groups is 1. The molecule has 0 aliphatic carbocycles. The van der Waals surface area contributed by atoms with Crippen LogP contribution >= 0.6 is 24.4 Å². The number of carboxylic acid groups (broad SMARTS) is 2. The molecule has 0 saturated carbocycles. The van der Waals surface area contributed by atoms with Crippen LogP contribution in [0.2, 0.25) is 0 Å². The zero-order chi connectivity index (χ0) is 98.2. The Hall–Kier alpha value is -12.4. The van der Waals surface area contributed by atoms with Crippen LogP contribution in [0.5, 0.6) is 5.75 Å². The molecular formula is C81H136N28O20S2. The molecule has 0 heterocycles. The number of guanidine groups is 3. The number of phenolic OH excluding ortho intramolecular Hbond substituents is 1. The van der Waals surface area contributed by atoms with Crippen molar-refractivity contribution < 1.29 is 96.8 Å². The Morgan fingerprint density at radius 3 is 1.04 bits per heavy atom. The predicted octanol–water partition coefficient (Wildman–Crippen LogP) is -7.59. The van der Waals surface area contributed by atoms with E-state index >= 15 is 9.59 Å². The number of aliphatic carboxylic acids is 2. The van der Waals surface area contributed by atoms with E-state index in [0.717, 1.165) is 0 Å². The molecule has 0 spiro atoms. The summed E-state index contributed by atoms with van der Waals surface area (Å²) in [5.74, 6) is -20.6. The van der Waals surface area contributed by atoms with Gasteiger partial charge in [0.1, 0.15) is 84.3 Å². The van der Waals surface area contributed by atoms with E-state index in [1.165, 1.54) is 36.0 Å². The molecule has 0 radical (unpaired) electrons. The molecule has 0 unspecified atom stereocenters. The lowest BCUT2D eigenvalue weighted by Gasteiger charge is -2.29. The van der Waals surface area contributed by atoms with Gasteiger partial charge in [-0.1, -0.05) is 62.7 Å². The Bertz CT molecular complexity index is 4090. The summed E-state index contributed by atoms with van der Waals surface area (Å²) >= 11 is 5.46. The maximum atomic E-state index is 15.1. The summed E-state index contributed by atoms with van der Waals surface area (Å²) in [6, 6.07) is -8.47. The first-order valence-corrected chi connectivity index (χ1v) is 45.1. The van der Waals surface area contributed by atoms with Crippen LogP contribution in [-0.2, 0) is 94.3 Å². The van der Waals surface area contributed by atoms with Gasteiger partial charge < -0.3 is 152 Å². The minimum Gasteiger partial charge on any atom is -0.508 e. The topological polar surface area (TPSA) is 849 Å². The normalized spacial score (nSPS) is 14.2. The van der Waals surface area contributed by atoms with Gasteiger partial charge in [-0.05, 0) is 170 Å². The zero-order valence-electron chi connectivity index (χ0n) is 74.1. The number of carboxylic acids is 2. The number of phenols is 1. The summed E-state index contributed by atoms with van der Waals surface area (Å²) in [5, 5.41) is 93.9. The van der Waals surface area contributed by atoms with E-state index < -0.39 is 241 Å². The molecule has 2 rings (SSSR count). The quantitative estimate of drug-likeness (QED) is 0.0127. The van der Waals surface area contributed by atoms with Gasteiger partial charge in [0, 0.05) is 44.6 Å². The first-order chi connectivity index (χ1) is 62.1. The van der Waals surface area contributed by atoms with Crippen molar-refractivity contribution >= 4 is 143 Å². The lowest BCUT2D eigenvalue weighted by Crippen LogP contribution is -2.61. The standard InChI is InChI=1S/C81H136N28O20S2/c1-44(2)38-57(74(125)103-55(30-37-131-3)73(124)102-54(28-29-63(112)113)72(123)109-61(43-130)78(129)101-52(22-14-35-95-80(90)91)69(120)104-56(65(87)116)41-62(86)111)105-75(126)58(39-45-16-5-4-6-17-45)106-70(121)50(20-9-12-33-84)98-68(119)51(21-13-34-94-79(88)89)100-77(128)60(42-64(114)115)108-76(127)59(40-46-24-26-47(110)27-25-46)107-71(122)53(23-15-36-96-81(92)93)99-67(118)49(19-8-11-32-83)97-66(117)48(85)18-7-10-31-82/h4-6,16-17,24-27,44,48-61,110,130H,7-15,18-23,28-43,82-85H2,1-3H3,(H2,86,111)(H2,87,116)(H,97,117)(H,98,119)(H,99,118)(H,100,128)(H,101,129)(H,102,124)(H,103,125)(H,104,120)(H,105,126)(H,106,121)(H,107,122)(H,108,127)(H,109,123)(H,112,113)(H,114,115)(H4,88,89,94)(H4,90,91,95)(H4,92,93,96)/t48-,49-,50-,51-,52-,53-,54-,55-,56-,57-,58-,59-,60-,61-/m0/s1. The molecule has 0 fully saturated rings. The summed E-state index contributed by atoms with van der Waals surface area (Å²) in [6.07, 6.45) is -0.717. The highest BCUT2D eigenvalue weighted by atomic mass is 32.2. The molecule has 48 nitrogen and oxygen atoms in total. The van der Waals surface area contributed by atoms with Crippen molar-refractivity contribution in [1.82, 2.24) is 85.1 Å². The van der Waals surface area contributed by atoms with Crippen LogP contribution in [0.3, 0.4) is 0 Å². The fourth-order valence-electron chi connectivity index (χ4n) is 13.0. The molecule has 15 amide bonds. The van der Waals surface area contributed by atoms with Gasteiger partial charge in [0.05, 0.1) is 18.9 Å². The molecule has 2 aromatic rings. The third kappa shape index (κ3) is 48.2. The van der Waals surface area contributed by atoms with Crippen LogP contribution in [0.25, 0.3) is 0 Å². The van der Waals surface area contributed by atoms with Crippen molar-refractivity contribution in [2.45, 2.75) is 246 Å². The molecule has 131 heavy (non-hydrogen) atoms. The SMILES string of the molecule is CSCC[C@H](NC(=O)[C@H](CC(C)C)NC(=O)[C@H](Cc1ccccc1)NC(=O)[C@H](CCCCN)NC(=O)[C@H](CCCNC(=N)N)NC(=O)[C@H](CC(=O)O)NC(=O)[C@H](Cc1ccc(O)cc1)NC(=O)[C@H](CCCNC(=N)N)NC(=O)[C@H](CCCCN)NC(=O)[C@@H](N)CCCCN)C(=O)N[C@@H](CCC(=O)O)C(=O)N[C@@H](CS)C(=O)N[C@@H](CCCNC(=N)N)C(=O)N[C@@H](CC(N)=O)C(N)=O. The van der Waals surface area contributed by atoms with Gasteiger partial charge in [0.2, 0.25) is 88.6 Å². The number of carbonyl (C=O) groups is 17. The highest BCUT2D eigenvalue weighted by Crippen LogP contribution is 2.17. The Balaban J connectivity index is 2.72. The molecule has 40 N–H and O–H groups in total. The largest absolute Gasteiger partial charge is 0.508 e. The second kappa shape index (κ2) is 63.5. The fourth-order valence-corrected chi connectivity index (χ4v) is 13.7. The molecule has 0 saturated heterocycles. The third-order valence-corrected chi connectivity index (χ3v) is 21.0. The van der Waals surface area contributed by atoms with Gasteiger partial charge in [-0.3, -0.25) is 97.7 Å². The number of thioether (sulfide) groups is 1. The molecule has 0 aliphatic heterocycles. The van der Waals surface area contributed by atoms with Crippen molar-refractivity contribution in [2.75, 3.05) is 57.0 Å². The zero-order valence-corrected chi connectivity index (χ0v) is 75.8. The number of benzene rings is 2. The van der Waals surface area contributed by atoms with Crippen LogP contribution < -0.4 is 137 Å². The van der Waals surface area contributed by atoms with Gasteiger partial charge in [0.15, 0.2) is 17.9 Å². The van der Waals surface area contributed by atoms with E-state index in [1.54, 1.807) is 50.4 Å². The number of hydrogen-bond acceptors (Lipinski definition) is 27. The van der Waals surface area contributed by atoms with Crippen LogP contribution in [0.1, 0.15) is 160 Å². The molecule has 2 aromatic carbocycles. The Morgan fingerprint density at radius 2 is 0.679 bits per heavy atom. The molecule has 14 atom stereocenters. The number of primary amides is 2. The van der Waals surface area contributed by atoms with E-state index in [-0.39, 0.29) is 140 Å². The number of amides is 15. The Kier molecular flexibility index (Phi) is 55.6. The summed E-state index contributed by atoms with van der Waals surface area (Å²) in [4.78, 5) is 237. The van der Waals surface area contributed by atoms with Gasteiger partial charge in [-0.2, -0.15) is 24.4 Å². The Labute approximate surface area is 769 Å². The number of carbonyl (C=O) groups excluding carboxylic acids is 15. The average molecular weight is 1890 g/mol. The molecule has 0 bridgehead atoms. The summed E-state index contributed by atoms with van der Waals surface area (Å²) in [5.41, 5.74) is 51.4. The van der Waals surface area contributed by atoms with Crippen LogP contribution in [-0.4, -0.2) is 275 Å². The maximum Gasteiger partial charge on any atom is 0.305 e. The number of unbranched alkanes of at least 4 members (excludes halogenated alkanes) is 3. The smallest absolute Gasteiger partial charge is 0.305 e. The summed E-state index contributed by atoms with van der Waals surface area (Å²) in [7, 11) is 0. The molecular weight excluding hydrogens is 1750 g/mol. The van der Waals surface area contributed by atoms with Crippen molar-refractivity contribution in [3.63, 3.8) is 0 Å². The van der Waals surface area contributed by atoms with E-state index in [1.807, 2.05) is 0 Å². The second-order valence-electron chi connectivity index (χ2n) is 31.5. The molecule has 0 aromatic heterocycles. The van der Waals surface area contributed by atoms with Crippen LogP contribution in [0.4, 0.5) is 0 Å². The third-order valence-electron chi connectivity index (χ3n) is 20.0. The molecule has 50 heteroatoms. The van der Waals surface area contributed by atoms with Crippen molar-refractivity contribution in [3.8, 4) is 5.75 Å². The van der Waals surface area contributed by atoms with E-state index in [2.05, 4.69) is 97.7 Å². The summed E-state index contributed by atoms with van der Waals surface area (Å²) < 4.78 is 0. The predicted molar refractivity (Wildman–Crippen MR) is 490 cm³/mol. The van der Waals surface area contributed by atoms with Crippen molar-refractivity contribution in [2.24, 2.45) is 57.5 Å². The lowest BCUT2D eigenvalue weighted by atomic mass is 10.00. The minimum atomic E-state index is -2.07. The average Bonchev–Trinajstić information content (AvgIpc) is 0.841. The minimum absolute atomic E-state index is 0.0113. The van der Waals surface area contributed by atoms with E-state index in [9.17, 15) is 87.2 Å². The molecule has 732 valence electrons. The number of hydrogen-bond donors (Lipinski definition) is 32. The number of aromatic hydroxyl groups is 1.